The molecule has 1 aromatic carbocycles. The number of amides is 1. The molecule has 0 saturated heterocycles. The van der Waals surface area contributed by atoms with Crippen LogP contribution in [0.4, 0.5) is 0 Å². The first-order valence-electron chi connectivity index (χ1n) is 6.40. The molecule has 0 aliphatic heterocycles. The van der Waals surface area contributed by atoms with Gasteiger partial charge in [0.15, 0.2) is 0 Å². The van der Waals surface area contributed by atoms with Crippen LogP contribution in [0.3, 0.4) is 0 Å². The zero-order valence-electron chi connectivity index (χ0n) is 10.9. The molecule has 1 atom stereocenters. The van der Waals surface area contributed by atoms with Gasteiger partial charge in [0.2, 0.25) is 5.91 Å². The predicted octanol–water partition coefficient (Wildman–Crippen LogP) is 1.45. The Morgan fingerprint density at radius 1 is 1.56 bits per heavy atom. The lowest BCUT2D eigenvalue weighted by Crippen LogP contribution is -2.36. The summed E-state index contributed by atoms with van der Waals surface area (Å²) in [6.07, 6.45) is 1.98. The number of hydrogen-bond acceptors (Lipinski definition) is 3. The normalized spacial score (nSPS) is 17.8. The topological polar surface area (TPSA) is 52.6 Å². The van der Waals surface area contributed by atoms with E-state index in [4.69, 9.17) is 0 Å². The summed E-state index contributed by atoms with van der Waals surface area (Å²) < 4.78 is 0. The molecule has 0 heterocycles. The van der Waals surface area contributed by atoms with Gasteiger partial charge >= 0.3 is 0 Å². The molecule has 2 N–H and O–H groups in total. The van der Waals surface area contributed by atoms with E-state index in [0.717, 1.165) is 12.8 Å². The molecule has 1 amide bonds. The van der Waals surface area contributed by atoms with Crippen LogP contribution in [0.5, 0.6) is 5.75 Å². The van der Waals surface area contributed by atoms with E-state index in [1.807, 2.05) is 26.1 Å². The molecule has 0 saturated carbocycles. The number of aryl methyl sites for hydroxylation is 1. The second-order valence-corrected chi connectivity index (χ2v) is 4.81. The summed E-state index contributed by atoms with van der Waals surface area (Å²) >= 11 is 0. The highest BCUT2D eigenvalue weighted by molar-refractivity contribution is 5.78. The summed E-state index contributed by atoms with van der Waals surface area (Å²) in [5, 5.41) is 12.3. The number of rotatable bonds is 4. The van der Waals surface area contributed by atoms with Crippen LogP contribution in [0, 0.1) is 0 Å². The lowest BCUT2D eigenvalue weighted by Gasteiger charge is -2.24. The molecule has 1 aromatic rings. The number of fused-ring (bicyclic) bond motifs is 1. The molecule has 1 aliphatic rings. The number of phenols is 1. The number of hydrogen-bond donors (Lipinski definition) is 2. The highest BCUT2D eigenvalue weighted by Gasteiger charge is 2.26. The highest BCUT2D eigenvalue weighted by atomic mass is 16.3. The molecule has 4 nitrogen and oxygen atoms in total. The fourth-order valence-corrected chi connectivity index (χ4v) is 2.63. The molecule has 0 radical (unpaired) electrons. The maximum absolute atomic E-state index is 11.6. The standard InChI is InChI=1S/C14H20N2O2/c1-3-15-14(18)9-16(2)13-7-4-10-8-11(17)5-6-12(10)13/h5-6,8,13,17H,3-4,7,9H2,1-2H3,(H,15,18). The van der Waals surface area contributed by atoms with Gasteiger partial charge in [0, 0.05) is 12.6 Å². The summed E-state index contributed by atoms with van der Waals surface area (Å²) in [5.41, 5.74) is 2.43. The Morgan fingerprint density at radius 2 is 2.33 bits per heavy atom. The van der Waals surface area contributed by atoms with E-state index in [0.29, 0.717) is 18.8 Å². The van der Waals surface area contributed by atoms with Crippen LogP contribution in [0.1, 0.15) is 30.5 Å². The number of phenolic OH excluding ortho intramolecular Hbond substituents is 1. The minimum atomic E-state index is 0.0622. The van der Waals surface area contributed by atoms with Gasteiger partial charge < -0.3 is 10.4 Å². The largest absolute Gasteiger partial charge is 0.508 e. The monoisotopic (exact) mass is 248 g/mol. The van der Waals surface area contributed by atoms with Crippen LogP contribution < -0.4 is 5.32 Å². The third kappa shape index (κ3) is 2.64. The summed E-state index contributed by atoms with van der Waals surface area (Å²) in [5.74, 6) is 0.382. The zero-order chi connectivity index (χ0) is 13.1. The third-order valence-electron chi connectivity index (χ3n) is 3.47. The van der Waals surface area contributed by atoms with E-state index in [9.17, 15) is 9.90 Å². The average molecular weight is 248 g/mol. The summed E-state index contributed by atoms with van der Waals surface area (Å²) in [6.45, 7) is 3.01. The van der Waals surface area contributed by atoms with Crippen LogP contribution in [0.15, 0.2) is 18.2 Å². The molecule has 98 valence electrons. The van der Waals surface area contributed by atoms with Gasteiger partial charge in [-0.05, 0) is 50.1 Å². The number of benzene rings is 1. The van der Waals surface area contributed by atoms with Gasteiger partial charge in [-0.3, -0.25) is 9.69 Å². The van der Waals surface area contributed by atoms with Crippen molar-refractivity contribution in [2.75, 3.05) is 20.1 Å². The fraction of sp³-hybridized carbons (Fsp3) is 0.500. The average Bonchev–Trinajstić information content (AvgIpc) is 2.71. The molecule has 2 rings (SSSR count). The number of nitrogens with one attached hydrogen (secondary N) is 1. The van der Waals surface area contributed by atoms with Crippen molar-refractivity contribution in [3.8, 4) is 5.75 Å². The molecule has 1 aliphatic carbocycles. The summed E-state index contributed by atoms with van der Waals surface area (Å²) in [4.78, 5) is 13.7. The van der Waals surface area contributed by atoms with Crippen molar-refractivity contribution in [3.63, 3.8) is 0 Å². The zero-order valence-corrected chi connectivity index (χ0v) is 10.9. The molecule has 4 heteroatoms. The number of carbonyl (C=O) groups excluding carboxylic acids is 1. The van der Waals surface area contributed by atoms with Gasteiger partial charge in [0.05, 0.1) is 6.54 Å². The SMILES string of the molecule is CCNC(=O)CN(C)C1CCc2cc(O)ccc21. The van der Waals surface area contributed by atoms with Gasteiger partial charge in [-0.15, -0.1) is 0 Å². The lowest BCUT2D eigenvalue weighted by atomic mass is 10.1. The van der Waals surface area contributed by atoms with Crippen molar-refractivity contribution in [1.29, 1.82) is 0 Å². The number of carbonyl (C=O) groups is 1. The lowest BCUT2D eigenvalue weighted by molar-refractivity contribution is -0.122. The maximum Gasteiger partial charge on any atom is 0.234 e. The number of aromatic hydroxyl groups is 1. The van der Waals surface area contributed by atoms with Crippen LogP contribution in [-0.4, -0.2) is 36.1 Å². The Labute approximate surface area is 108 Å². The van der Waals surface area contributed by atoms with Crippen molar-refractivity contribution in [2.24, 2.45) is 0 Å². The van der Waals surface area contributed by atoms with E-state index in [1.165, 1.54) is 11.1 Å². The maximum atomic E-state index is 11.6. The molecular formula is C14H20N2O2. The first kappa shape index (κ1) is 12.9. The molecule has 0 spiro atoms. The fourth-order valence-electron chi connectivity index (χ4n) is 2.63. The Morgan fingerprint density at radius 3 is 3.06 bits per heavy atom. The molecule has 18 heavy (non-hydrogen) atoms. The summed E-state index contributed by atoms with van der Waals surface area (Å²) in [7, 11) is 1.97. The smallest absolute Gasteiger partial charge is 0.234 e. The van der Waals surface area contributed by atoms with E-state index >= 15 is 0 Å². The van der Waals surface area contributed by atoms with E-state index in [-0.39, 0.29) is 11.9 Å². The molecule has 1 unspecified atom stereocenters. The minimum absolute atomic E-state index is 0.0622. The third-order valence-corrected chi connectivity index (χ3v) is 3.47. The van der Waals surface area contributed by atoms with Gasteiger partial charge in [0.25, 0.3) is 0 Å². The second-order valence-electron chi connectivity index (χ2n) is 4.81. The minimum Gasteiger partial charge on any atom is -0.508 e. The first-order valence-corrected chi connectivity index (χ1v) is 6.40. The highest BCUT2D eigenvalue weighted by Crippen LogP contribution is 2.36. The van der Waals surface area contributed by atoms with Crippen molar-refractivity contribution in [3.05, 3.63) is 29.3 Å². The van der Waals surface area contributed by atoms with Crippen LogP contribution in [0.2, 0.25) is 0 Å². The number of likely N-dealkylation sites (N-methyl/N-ethyl adjacent to an activating group) is 2. The molecular weight excluding hydrogens is 228 g/mol. The van der Waals surface area contributed by atoms with E-state index < -0.39 is 0 Å². The van der Waals surface area contributed by atoms with Crippen molar-refractivity contribution in [1.82, 2.24) is 10.2 Å². The second kappa shape index (κ2) is 5.40. The van der Waals surface area contributed by atoms with Gasteiger partial charge in [-0.1, -0.05) is 6.07 Å². The molecule has 0 aromatic heterocycles. The van der Waals surface area contributed by atoms with E-state index in [2.05, 4.69) is 10.2 Å². The van der Waals surface area contributed by atoms with E-state index in [1.54, 1.807) is 6.07 Å². The van der Waals surface area contributed by atoms with Gasteiger partial charge in [-0.25, -0.2) is 0 Å². The van der Waals surface area contributed by atoms with Crippen molar-refractivity contribution < 1.29 is 9.90 Å². The van der Waals surface area contributed by atoms with Gasteiger partial charge in [-0.2, -0.15) is 0 Å². The van der Waals surface area contributed by atoms with Crippen molar-refractivity contribution >= 4 is 5.91 Å². The molecule has 0 bridgehead atoms. The Hall–Kier alpha value is -1.55. The van der Waals surface area contributed by atoms with Crippen LogP contribution >= 0.6 is 0 Å². The Balaban J connectivity index is 2.06. The first-order chi connectivity index (χ1) is 8.61. The van der Waals surface area contributed by atoms with Crippen molar-refractivity contribution in [2.45, 2.75) is 25.8 Å². The summed E-state index contributed by atoms with van der Waals surface area (Å²) in [6, 6.07) is 5.80. The van der Waals surface area contributed by atoms with Crippen LogP contribution in [0.25, 0.3) is 0 Å². The Kier molecular flexibility index (Phi) is 3.87. The Bertz CT molecular complexity index is 445. The van der Waals surface area contributed by atoms with Gasteiger partial charge in [0.1, 0.15) is 5.75 Å². The number of nitrogens with zero attached hydrogens (tertiary/aromatic N) is 1. The predicted molar refractivity (Wildman–Crippen MR) is 70.5 cm³/mol. The van der Waals surface area contributed by atoms with Crippen LogP contribution in [-0.2, 0) is 11.2 Å². The molecule has 0 fully saturated rings. The quantitative estimate of drug-likeness (QED) is 0.848.